The highest BCUT2D eigenvalue weighted by Crippen LogP contribution is 2.19. The quantitative estimate of drug-likeness (QED) is 0.785. The molecule has 0 spiro atoms. The Balaban J connectivity index is 2.38. The highest BCUT2D eigenvalue weighted by molar-refractivity contribution is 6.20. The second-order valence-corrected chi connectivity index (χ2v) is 4.42. The lowest BCUT2D eigenvalue weighted by atomic mass is 10.2. The van der Waals surface area contributed by atoms with Crippen LogP contribution in [0.2, 0.25) is 0 Å². The molecule has 0 radical (unpaired) electrons. The van der Waals surface area contributed by atoms with Gasteiger partial charge in [0.15, 0.2) is 0 Å². The minimum Gasteiger partial charge on any atom is -0.380 e. The first kappa shape index (κ1) is 12.1. The topological polar surface area (TPSA) is 39.9 Å². The van der Waals surface area contributed by atoms with Crippen LogP contribution in [0.5, 0.6) is 0 Å². The van der Waals surface area contributed by atoms with Gasteiger partial charge in [-0.2, -0.15) is 0 Å². The van der Waals surface area contributed by atoms with Crippen LogP contribution in [0.3, 0.4) is 0 Å². The second kappa shape index (κ2) is 5.29. The molecule has 2 rings (SSSR count). The van der Waals surface area contributed by atoms with Gasteiger partial charge in [0.25, 0.3) is 0 Å². The summed E-state index contributed by atoms with van der Waals surface area (Å²) in [5.74, 6) is 0. The van der Waals surface area contributed by atoms with E-state index in [9.17, 15) is 0 Å². The fraction of sp³-hybridized carbons (Fsp3) is 0.333. The standard InChI is InChI=1S/C12H14ClN3O/c1-9(13)11-7-16(15-14-11)12-6-4-3-5-10(12)8-17-2/h3-7,9H,8H2,1-2H3. The Morgan fingerprint density at radius 1 is 1.41 bits per heavy atom. The van der Waals surface area contributed by atoms with E-state index in [1.807, 2.05) is 37.4 Å². The number of para-hydroxylation sites is 1. The largest absolute Gasteiger partial charge is 0.380 e. The normalized spacial score (nSPS) is 12.6. The van der Waals surface area contributed by atoms with Crippen LogP contribution < -0.4 is 0 Å². The smallest absolute Gasteiger partial charge is 0.101 e. The van der Waals surface area contributed by atoms with Gasteiger partial charge in [-0.05, 0) is 13.0 Å². The molecule has 1 unspecified atom stereocenters. The Morgan fingerprint density at radius 2 is 2.18 bits per heavy atom. The van der Waals surface area contributed by atoms with Crippen LogP contribution in [-0.2, 0) is 11.3 Å². The molecule has 4 nitrogen and oxygen atoms in total. The lowest BCUT2D eigenvalue weighted by Gasteiger charge is -2.07. The van der Waals surface area contributed by atoms with Gasteiger partial charge in [0.2, 0.25) is 0 Å². The average Bonchev–Trinajstić information content (AvgIpc) is 2.79. The molecule has 0 saturated carbocycles. The lowest BCUT2D eigenvalue weighted by Crippen LogP contribution is -2.01. The summed E-state index contributed by atoms with van der Waals surface area (Å²) >= 11 is 5.96. The van der Waals surface area contributed by atoms with E-state index < -0.39 is 0 Å². The number of hydrogen-bond donors (Lipinski definition) is 0. The Labute approximate surface area is 105 Å². The highest BCUT2D eigenvalue weighted by atomic mass is 35.5. The first-order valence-corrected chi connectivity index (χ1v) is 5.79. The van der Waals surface area contributed by atoms with Crippen molar-refractivity contribution in [2.45, 2.75) is 18.9 Å². The Bertz CT molecular complexity index is 496. The maximum atomic E-state index is 5.96. The van der Waals surface area contributed by atoms with Crippen LogP contribution in [0, 0.1) is 0 Å². The van der Waals surface area contributed by atoms with Gasteiger partial charge >= 0.3 is 0 Å². The van der Waals surface area contributed by atoms with Crippen molar-refractivity contribution in [1.82, 2.24) is 15.0 Å². The van der Waals surface area contributed by atoms with Crippen LogP contribution in [0.25, 0.3) is 5.69 Å². The van der Waals surface area contributed by atoms with Gasteiger partial charge in [0.05, 0.1) is 23.9 Å². The van der Waals surface area contributed by atoms with Crippen LogP contribution in [0.15, 0.2) is 30.5 Å². The highest BCUT2D eigenvalue weighted by Gasteiger charge is 2.10. The van der Waals surface area contributed by atoms with E-state index in [0.717, 1.165) is 16.9 Å². The summed E-state index contributed by atoms with van der Waals surface area (Å²) in [5.41, 5.74) is 2.79. The van der Waals surface area contributed by atoms with Crippen LogP contribution >= 0.6 is 11.6 Å². The molecular formula is C12H14ClN3O. The summed E-state index contributed by atoms with van der Waals surface area (Å²) in [5, 5.41) is 7.97. The number of ether oxygens (including phenoxy) is 1. The number of halogens is 1. The maximum absolute atomic E-state index is 5.96. The van der Waals surface area contributed by atoms with Crippen molar-refractivity contribution < 1.29 is 4.74 Å². The molecular weight excluding hydrogens is 238 g/mol. The van der Waals surface area contributed by atoms with E-state index in [2.05, 4.69) is 10.3 Å². The van der Waals surface area contributed by atoms with Crippen molar-refractivity contribution in [1.29, 1.82) is 0 Å². The summed E-state index contributed by atoms with van der Waals surface area (Å²) in [7, 11) is 1.67. The van der Waals surface area contributed by atoms with E-state index in [4.69, 9.17) is 16.3 Å². The summed E-state index contributed by atoms with van der Waals surface area (Å²) < 4.78 is 6.88. The molecule has 5 heteroatoms. The number of alkyl halides is 1. The SMILES string of the molecule is COCc1ccccc1-n1cc(C(C)Cl)nn1. The third-order valence-electron chi connectivity index (χ3n) is 2.46. The molecule has 1 heterocycles. The summed E-state index contributed by atoms with van der Waals surface area (Å²) in [6.45, 7) is 2.42. The number of benzene rings is 1. The number of aromatic nitrogens is 3. The zero-order valence-corrected chi connectivity index (χ0v) is 10.6. The summed E-state index contributed by atoms with van der Waals surface area (Å²) in [4.78, 5) is 0. The number of rotatable bonds is 4. The predicted octanol–water partition coefficient (Wildman–Crippen LogP) is 2.71. The van der Waals surface area contributed by atoms with Gasteiger partial charge in [-0.25, -0.2) is 4.68 Å². The molecule has 0 bridgehead atoms. The summed E-state index contributed by atoms with van der Waals surface area (Å²) in [6.07, 6.45) is 1.84. The third kappa shape index (κ3) is 2.65. The monoisotopic (exact) mass is 251 g/mol. The molecule has 17 heavy (non-hydrogen) atoms. The molecule has 2 aromatic rings. The van der Waals surface area contributed by atoms with Crippen LogP contribution in [-0.4, -0.2) is 22.1 Å². The van der Waals surface area contributed by atoms with E-state index in [0.29, 0.717) is 6.61 Å². The zero-order chi connectivity index (χ0) is 12.3. The van der Waals surface area contributed by atoms with Gasteiger partial charge in [-0.1, -0.05) is 23.4 Å². The molecule has 0 amide bonds. The van der Waals surface area contributed by atoms with E-state index >= 15 is 0 Å². The van der Waals surface area contributed by atoms with Crippen molar-refractivity contribution in [2.75, 3.05) is 7.11 Å². The van der Waals surface area contributed by atoms with E-state index in [1.165, 1.54) is 0 Å². The van der Waals surface area contributed by atoms with Crippen molar-refractivity contribution in [3.8, 4) is 5.69 Å². The molecule has 90 valence electrons. The van der Waals surface area contributed by atoms with Crippen molar-refractivity contribution in [2.24, 2.45) is 0 Å². The first-order valence-electron chi connectivity index (χ1n) is 5.36. The maximum Gasteiger partial charge on any atom is 0.101 e. The molecule has 1 atom stereocenters. The fourth-order valence-corrected chi connectivity index (χ4v) is 1.69. The molecule has 1 aromatic carbocycles. The van der Waals surface area contributed by atoms with Gasteiger partial charge in [-0.3, -0.25) is 0 Å². The van der Waals surface area contributed by atoms with Crippen LogP contribution in [0.4, 0.5) is 0 Å². The van der Waals surface area contributed by atoms with Gasteiger partial charge in [-0.15, -0.1) is 16.7 Å². The minimum absolute atomic E-state index is 0.140. The van der Waals surface area contributed by atoms with Crippen LogP contribution in [0.1, 0.15) is 23.6 Å². The number of methoxy groups -OCH3 is 1. The Hall–Kier alpha value is -1.39. The lowest BCUT2D eigenvalue weighted by molar-refractivity contribution is 0.184. The third-order valence-corrected chi connectivity index (χ3v) is 2.68. The average molecular weight is 252 g/mol. The molecule has 1 aromatic heterocycles. The molecule has 0 aliphatic rings. The predicted molar refractivity (Wildman–Crippen MR) is 66.3 cm³/mol. The van der Waals surface area contributed by atoms with Gasteiger partial charge in [0.1, 0.15) is 5.69 Å². The Morgan fingerprint density at radius 3 is 2.82 bits per heavy atom. The Kier molecular flexibility index (Phi) is 3.76. The molecule has 0 aliphatic carbocycles. The van der Waals surface area contributed by atoms with Gasteiger partial charge < -0.3 is 4.74 Å². The fourth-order valence-electron chi connectivity index (χ4n) is 1.59. The van der Waals surface area contributed by atoms with Gasteiger partial charge in [0, 0.05) is 12.7 Å². The van der Waals surface area contributed by atoms with Crippen molar-refractivity contribution in [3.63, 3.8) is 0 Å². The van der Waals surface area contributed by atoms with E-state index in [-0.39, 0.29) is 5.38 Å². The second-order valence-electron chi connectivity index (χ2n) is 3.77. The summed E-state index contributed by atoms with van der Waals surface area (Å²) in [6, 6.07) is 7.91. The first-order chi connectivity index (χ1) is 8.22. The molecule has 0 fully saturated rings. The molecule has 0 N–H and O–H groups in total. The molecule has 0 saturated heterocycles. The number of nitrogens with zero attached hydrogens (tertiary/aromatic N) is 3. The number of hydrogen-bond acceptors (Lipinski definition) is 3. The zero-order valence-electron chi connectivity index (χ0n) is 9.80. The van der Waals surface area contributed by atoms with E-state index in [1.54, 1.807) is 11.8 Å². The van der Waals surface area contributed by atoms with Crippen molar-refractivity contribution in [3.05, 3.63) is 41.7 Å². The minimum atomic E-state index is -0.140. The van der Waals surface area contributed by atoms with Crippen molar-refractivity contribution >= 4 is 11.6 Å². The molecule has 0 aliphatic heterocycles.